The molecule has 1 N–H and O–H groups in total. The van der Waals surface area contributed by atoms with Crippen molar-refractivity contribution in [1.82, 2.24) is 10.3 Å². The maximum absolute atomic E-state index is 6.16. The van der Waals surface area contributed by atoms with Crippen LogP contribution in [0.25, 0.3) is 0 Å². The highest BCUT2D eigenvalue weighted by molar-refractivity contribution is 6.31. The lowest BCUT2D eigenvalue weighted by Gasteiger charge is -2.21. The first-order valence-corrected chi connectivity index (χ1v) is 7.25. The van der Waals surface area contributed by atoms with Crippen LogP contribution in [0.1, 0.15) is 53.0 Å². The van der Waals surface area contributed by atoms with Crippen LogP contribution >= 0.6 is 11.6 Å². The predicted octanol–water partition coefficient (Wildman–Crippen LogP) is 4.19. The van der Waals surface area contributed by atoms with Gasteiger partial charge in [-0.15, -0.1) is 0 Å². The number of nitrogens with one attached hydrogen (secondary N) is 1. The summed E-state index contributed by atoms with van der Waals surface area (Å²) < 4.78 is 5.78. The number of aromatic nitrogens is 1. The fourth-order valence-electron chi connectivity index (χ4n) is 1.69. The van der Waals surface area contributed by atoms with E-state index >= 15 is 0 Å². The Morgan fingerprint density at radius 2 is 2.11 bits per heavy atom. The van der Waals surface area contributed by atoms with Gasteiger partial charge in [0.05, 0.1) is 11.1 Å². The lowest BCUT2D eigenvalue weighted by molar-refractivity contribution is 0.201. The molecule has 3 nitrogen and oxygen atoms in total. The van der Waals surface area contributed by atoms with Crippen LogP contribution in [0.15, 0.2) is 12.3 Å². The molecule has 1 heterocycles. The van der Waals surface area contributed by atoms with Crippen molar-refractivity contribution < 1.29 is 4.74 Å². The van der Waals surface area contributed by atoms with Crippen LogP contribution in [-0.4, -0.2) is 16.6 Å². The normalized spacial score (nSPS) is 13.4. The quantitative estimate of drug-likeness (QED) is 0.850. The molecule has 0 aliphatic heterocycles. The van der Waals surface area contributed by atoms with E-state index in [9.17, 15) is 0 Å². The Morgan fingerprint density at radius 3 is 2.68 bits per heavy atom. The van der Waals surface area contributed by atoms with Gasteiger partial charge >= 0.3 is 0 Å². The zero-order valence-corrected chi connectivity index (χ0v) is 13.3. The summed E-state index contributed by atoms with van der Waals surface area (Å²) in [7, 11) is 0. The zero-order chi connectivity index (χ0) is 14.5. The van der Waals surface area contributed by atoms with E-state index in [4.69, 9.17) is 16.3 Å². The Labute approximate surface area is 121 Å². The second kappa shape index (κ2) is 7.11. The van der Waals surface area contributed by atoms with Crippen molar-refractivity contribution >= 4 is 11.6 Å². The van der Waals surface area contributed by atoms with Crippen molar-refractivity contribution in [2.45, 2.75) is 65.6 Å². The van der Waals surface area contributed by atoms with Gasteiger partial charge in [0.1, 0.15) is 0 Å². The minimum absolute atomic E-state index is 0.0587. The Morgan fingerprint density at radius 1 is 1.42 bits per heavy atom. The second-order valence-electron chi connectivity index (χ2n) is 5.93. The Hall–Kier alpha value is -0.800. The lowest BCUT2D eigenvalue weighted by Crippen LogP contribution is -2.35. The third-order valence-corrected chi connectivity index (χ3v) is 3.08. The molecule has 0 radical (unpaired) electrons. The summed E-state index contributed by atoms with van der Waals surface area (Å²) in [6, 6.07) is 1.92. The number of hydrogen-bond donors (Lipinski definition) is 1. The SMILES string of the molecule is CCCC(C)Oc1cc(CNC(C)(C)C)c(Cl)cn1. The van der Waals surface area contributed by atoms with E-state index in [0.29, 0.717) is 17.4 Å². The average Bonchev–Trinajstić information content (AvgIpc) is 2.29. The first-order chi connectivity index (χ1) is 8.81. The van der Waals surface area contributed by atoms with E-state index in [0.717, 1.165) is 18.4 Å². The molecule has 1 unspecified atom stereocenters. The monoisotopic (exact) mass is 284 g/mol. The molecule has 4 heteroatoms. The second-order valence-corrected chi connectivity index (χ2v) is 6.34. The molecular weight excluding hydrogens is 260 g/mol. The largest absolute Gasteiger partial charge is 0.475 e. The predicted molar refractivity (Wildman–Crippen MR) is 80.8 cm³/mol. The average molecular weight is 285 g/mol. The van der Waals surface area contributed by atoms with Crippen molar-refractivity contribution in [2.75, 3.05) is 0 Å². The highest BCUT2D eigenvalue weighted by Crippen LogP contribution is 2.21. The van der Waals surface area contributed by atoms with Gasteiger partial charge in [0, 0.05) is 24.3 Å². The van der Waals surface area contributed by atoms with Gasteiger partial charge in [-0.05, 0) is 39.7 Å². The van der Waals surface area contributed by atoms with Gasteiger partial charge in [0.2, 0.25) is 5.88 Å². The molecule has 0 saturated carbocycles. The molecule has 0 aliphatic rings. The van der Waals surface area contributed by atoms with Crippen LogP contribution in [0.4, 0.5) is 0 Å². The molecule has 0 amide bonds. The van der Waals surface area contributed by atoms with Crippen LogP contribution in [0.2, 0.25) is 5.02 Å². The highest BCUT2D eigenvalue weighted by Gasteiger charge is 2.12. The molecule has 0 aliphatic carbocycles. The van der Waals surface area contributed by atoms with Crippen molar-refractivity contribution in [2.24, 2.45) is 0 Å². The summed E-state index contributed by atoms with van der Waals surface area (Å²) in [5.41, 5.74) is 1.08. The standard InChI is InChI=1S/C15H25ClN2O/c1-6-7-11(2)19-14-8-12(13(16)10-17-14)9-18-15(3,4)5/h8,10-11,18H,6-7,9H2,1-5H3. The number of nitrogens with zero attached hydrogens (tertiary/aromatic N) is 1. The van der Waals surface area contributed by atoms with Gasteiger partial charge in [-0.2, -0.15) is 0 Å². The minimum atomic E-state index is 0.0587. The Bertz CT molecular complexity index is 402. The topological polar surface area (TPSA) is 34.1 Å². The Kier molecular flexibility index (Phi) is 6.08. The van der Waals surface area contributed by atoms with Gasteiger partial charge < -0.3 is 10.1 Å². The summed E-state index contributed by atoms with van der Waals surface area (Å²) in [5, 5.41) is 4.09. The molecule has 0 saturated heterocycles. The number of hydrogen-bond acceptors (Lipinski definition) is 3. The highest BCUT2D eigenvalue weighted by atomic mass is 35.5. The maximum Gasteiger partial charge on any atom is 0.213 e. The summed E-state index contributed by atoms with van der Waals surface area (Å²) in [4.78, 5) is 4.22. The third kappa shape index (κ3) is 6.26. The molecule has 0 spiro atoms. The van der Waals surface area contributed by atoms with Gasteiger partial charge in [-0.25, -0.2) is 4.98 Å². The first kappa shape index (κ1) is 16.3. The summed E-state index contributed by atoms with van der Waals surface area (Å²) in [6.07, 6.45) is 3.98. The van der Waals surface area contributed by atoms with Crippen LogP contribution in [-0.2, 0) is 6.54 Å². The number of halogens is 1. The molecule has 1 atom stereocenters. The molecule has 1 rings (SSSR count). The molecule has 0 bridgehead atoms. The molecule has 19 heavy (non-hydrogen) atoms. The maximum atomic E-state index is 6.16. The van der Waals surface area contributed by atoms with E-state index < -0.39 is 0 Å². The molecule has 108 valence electrons. The fraction of sp³-hybridized carbons (Fsp3) is 0.667. The van der Waals surface area contributed by atoms with Crippen LogP contribution in [0.5, 0.6) is 5.88 Å². The fourth-order valence-corrected chi connectivity index (χ4v) is 1.86. The summed E-state index contributed by atoms with van der Waals surface area (Å²) in [5.74, 6) is 0.649. The lowest BCUT2D eigenvalue weighted by atomic mass is 10.1. The number of ether oxygens (including phenoxy) is 1. The van der Waals surface area contributed by atoms with Crippen molar-refractivity contribution in [1.29, 1.82) is 0 Å². The van der Waals surface area contributed by atoms with E-state index in [-0.39, 0.29) is 11.6 Å². The van der Waals surface area contributed by atoms with Gasteiger partial charge in [-0.1, -0.05) is 24.9 Å². The molecule has 0 aromatic carbocycles. The van der Waals surface area contributed by atoms with Crippen molar-refractivity contribution in [3.8, 4) is 5.88 Å². The smallest absolute Gasteiger partial charge is 0.213 e. The summed E-state index contributed by atoms with van der Waals surface area (Å²) >= 11 is 6.16. The molecular formula is C15H25ClN2O. The van der Waals surface area contributed by atoms with E-state index in [1.807, 2.05) is 6.07 Å². The molecule has 0 fully saturated rings. The zero-order valence-electron chi connectivity index (χ0n) is 12.6. The van der Waals surface area contributed by atoms with Crippen molar-refractivity contribution in [3.05, 3.63) is 22.8 Å². The molecule has 1 aromatic rings. The van der Waals surface area contributed by atoms with Gasteiger partial charge in [0.25, 0.3) is 0 Å². The first-order valence-electron chi connectivity index (χ1n) is 6.88. The van der Waals surface area contributed by atoms with Gasteiger partial charge in [-0.3, -0.25) is 0 Å². The van der Waals surface area contributed by atoms with Gasteiger partial charge in [0.15, 0.2) is 0 Å². The number of rotatable bonds is 6. The van der Waals surface area contributed by atoms with Crippen LogP contribution < -0.4 is 10.1 Å². The van der Waals surface area contributed by atoms with E-state index in [2.05, 4.69) is 44.9 Å². The van der Waals surface area contributed by atoms with E-state index in [1.165, 1.54) is 0 Å². The van der Waals surface area contributed by atoms with Crippen LogP contribution in [0.3, 0.4) is 0 Å². The minimum Gasteiger partial charge on any atom is -0.475 e. The summed E-state index contributed by atoms with van der Waals surface area (Å²) in [6.45, 7) is 11.3. The van der Waals surface area contributed by atoms with Crippen LogP contribution in [0, 0.1) is 0 Å². The Balaban J connectivity index is 2.71. The molecule has 1 aromatic heterocycles. The van der Waals surface area contributed by atoms with E-state index in [1.54, 1.807) is 6.20 Å². The number of pyridine rings is 1. The third-order valence-electron chi connectivity index (χ3n) is 2.74. The van der Waals surface area contributed by atoms with Crippen molar-refractivity contribution in [3.63, 3.8) is 0 Å².